The van der Waals surface area contributed by atoms with Gasteiger partial charge in [0.15, 0.2) is 5.75 Å². The Morgan fingerprint density at radius 3 is 2.62 bits per heavy atom. The van der Waals surface area contributed by atoms with Gasteiger partial charge in [0.05, 0.1) is 24.1 Å². The molecule has 2 rings (SSSR count). The first-order valence-electron chi connectivity index (χ1n) is 9.44. The second-order valence-corrected chi connectivity index (χ2v) is 9.89. The van der Waals surface area contributed by atoms with E-state index in [0.29, 0.717) is 17.8 Å². The Labute approximate surface area is 172 Å². The normalized spacial score (nSPS) is 20.0. The zero-order valence-electron chi connectivity index (χ0n) is 17.7. The van der Waals surface area contributed by atoms with E-state index in [2.05, 4.69) is 10.6 Å². The largest absolute Gasteiger partial charge is 0.486 e. The van der Waals surface area contributed by atoms with Gasteiger partial charge in [0, 0.05) is 32.6 Å². The number of fused-ring (bicyclic) bond motifs is 1. The molecule has 1 aliphatic heterocycles. The first kappa shape index (κ1) is 23.0. The summed E-state index contributed by atoms with van der Waals surface area (Å²) in [6, 6.07) is 4.47. The van der Waals surface area contributed by atoms with Gasteiger partial charge >= 0.3 is 6.03 Å². The van der Waals surface area contributed by atoms with Crippen molar-refractivity contribution in [3.8, 4) is 5.75 Å². The van der Waals surface area contributed by atoms with Crippen molar-refractivity contribution in [2.24, 2.45) is 5.92 Å². The highest BCUT2D eigenvalue weighted by atomic mass is 32.2. The molecule has 0 unspecified atom stereocenters. The number of benzene rings is 1. The predicted octanol–water partition coefficient (Wildman–Crippen LogP) is 1.58. The van der Waals surface area contributed by atoms with Gasteiger partial charge in [-0.15, -0.1) is 0 Å². The highest BCUT2D eigenvalue weighted by molar-refractivity contribution is 7.88. The Hall–Kier alpha value is -2.33. The van der Waals surface area contributed by atoms with Crippen molar-refractivity contribution in [1.82, 2.24) is 14.5 Å². The van der Waals surface area contributed by atoms with Gasteiger partial charge in [-0.1, -0.05) is 13.0 Å². The fourth-order valence-electron chi connectivity index (χ4n) is 3.06. The first-order valence-corrected chi connectivity index (χ1v) is 11.3. The number of rotatable bonds is 5. The van der Waals surface area contributed by atoms with Crippen LogP contribution in [0.2, 0.25) is 0 Å². The molecule has 9 nitrogen and oxygen atoms in total. The topological polar surface area (TPSA) is 108 Å². The number of para-hydroxylation sites is 1. The zero-order chi connectivity index (χ0) is 21.9. The Kier molecular flexibility index (Phi) is 7.12. The lowest BCUT2D eigenvalue weighted by atomic mass is 10.0. The van der Waals surface area contributed by atoms with E-state index in [1.807, 2.05) is 20.8 Å². The van der Waals surface area contributed by atoms with Crippen LogP contribution in [0.5, 0.6) is 5.75 Å². The van der Waals surface area contributed by atoms with Gasteiger partial charge in [0.2, 0.25) is 10.0 Å². The predicted molar refractivity (Wildman–Crippen MR) is 112 cm³/mol. The summed E-state index contributed by atoms with van der Waals surface area (Å²) in [5.74, 6) is -0.129. The molecular weight excluding hydrogens is 396 g/mol. The Morgan fingerprint density at radius 1 is 1.38 bits per heavy atom. The summed E-state index contributed by atoms with van der Waals surface area (Å²) in [5, 5.41) is 5.46. The van der Waals surface area contributed by atoms with Gasteiger partial charge in [-0.05, 0) is 26.0 Å². The fraction of sp³-hybridized carbons (Fsp3) is 0.579. The minimum atomic E-state index is -3.40. The number of likely N-dealkylation sites (N-methyl/N-ethyl adjacent to an activating group) is 1. The van der Waals surface area contributed by atoms with Crippen molar-refractivity contribution in [2.75, 3.05) is 38.8 Å². The maximum atomic E-state index is 12.9. The summed E-state index contributed by atoms with van der Waals surface area (Å²) >= 11 is 0. The second-order valence-electron chi connectivity index (χ2n) is 7.80. The Morgan fingerprint density at radius 2 is 2.03 bits per heavy atom. The van der Waals surface area contributed by atoms with Crippen LogP contribution >= 0.6 is 0 Å². The van der Waals surface area contributed by atoms with Crippen LogP contribution in [0.3, 0.4) is 0 Å². The molecule has 0 saturated carbocycles. The third-order valence-corrected chi connectivity index (χ3v) is 6.01. The van der Waals surface area contributed by atoms with Crippen LogP contribution in [0.1, 0.15) is 31.1 Å². The number of carbonyl (C=O) groups is 2. The SMILES string of the molecule is CC(C)NC(=O)Nc1cccc2c1O[C@@H](CN(C)S(C)(=O)=O)[C@H](C)CN(C)C2=O. The molecule has 0 fully saturated rings. The number of nitrogens with zero attached hydrogens (tertiary/aromatic N) is 2. The lowest BCUT2D eigenvalue weighted by molar-refractivity contribution is 0.0607. The van der Waals surface area contributed by atoms with Crippen molar-refractivity contribution >= 4 is 27.6 Å². The van der Waals surface area contributed by atoms with Gasteiger partial charge in [-0.3, -0.25) is 4.79 Å². The van der Waals surface area contributed by atoms with Crippen molar-refractivity contribution in [1.29, 1.82) is 0 Å². The van der Waals surface area contributed by atoms with E-state index >= 15 is 0 Å². The molecule has 0 aromatic heterocycles. The van der Waals surface area contributed by atoms with Gasteiger partial charge in [0.25, 0.3) is 5.91 Å². The minimum absolute atomic E-state index is 0.0645. The summed E-state index contributed by atoms with van der Waals surface area (Å²) in [5.41, 5.74) is 0.664. The van der Waals surface area contributed by atoms with Crippen LogP contribution in [0.25, 0.3) is 0 Å². The maximum absolute atomic E-state index is 12.9. The van der Waals surface area contributed by atoms with Crippen LogP contribution in [-0.2, 0) is 10.0 Å². The van der Waals surface area contributed by atoms with Crippen LogP contribution in [-0.4, -0.2) is 75.1 Å². The number of ether oxygens (including phenoxy) is 1. The third kappa shape index (κ3) is 5.83. The van der Waals surface area contributed by atoms with E-state index in [0.717, 1.165) is 6.26 Å². The quantitative estimate of drug-likeness (QED) is 0.743. The van der Waals surface area contributed by atoms with Crippen LogP contribution in [0, 0.1) is 5.92 Å². The van der Waals surface area contributed by atoms with E-state index in [-0.39, 0.29) is 30.2 Å². The van der Waals surface area contributed by atoms with Gasteiger partial charge in [0.1, 0.15) is 6.10 Å². The van der Waals surface area contributed by atoms with Crippen LogP contribution < -0.4 is 15.4 Å². The van der Waals surface area contributed by atoms with Crippen LogP contribution in [0.15, 0.2) is 18.2 Å². The third-order valence-electron chi connectivity index (χ3n) is 4.73. The summed E-state index contributed by atoms with van der Waals surface area (Å²) in [4.78, 5) is 26.6. The number of amides is 3. The highest BCUT2D eigenvalue weighted by Crippen LogP contribution is 2.34. The average Bonchev–Trinajstić information content (AvgIpc) is 2.59. The molecule has 0 radical (unpaired) electrons. The van der Waals surface area contributed by atoms with Gasteiger partial charge in [-0.25, -0.2) is 17.5 Å². The summed E-state index contributed by atoms with van der Waals surface area (Å²) in [6.07, 6.45) is 0.619. The van der Waals surface area contributed by atoms with Crippen molar-refractivity contribution in [3.05, 3.63) is 23.8 Å². The molecule has 1 aromatic rings. The number of carbonyl (C=O) groups excluding carboxylic acids is 2. The van der Waals surface area contributed by atoms with E-state index in [4.69, 9.17) is 4.74 Å². The molecule has 0 bridgehead atoms. The molecule has 0 saturated heterocycles. The Bertz CT molecular complexity index is 871. The molecular formula is C19H30N4O5S. The smallest absolute Gasteiger partial charge is 0.319 e. The summed E-state index contributed by atoms with van der Waals surface area (Å²) < 4.78 is 31.2. The van der Waals surface area contributed by atoms with E-state index in [1.165, 1.54) is 11.4 Å². The fourth-order valence-corrected chi connectivity index (χ4v) is 3.48. The standard InChI is InChI=1S/C19H30N4O5S/c1-12(2)20-19(25)21-15-9-7-8-14-17(15)28-16(11-23(5)29(6,26)27)13(3)10-22(4)18(14)24/h7-9,12-13,16H,10-11H2,1-6H3,(H2,20,21,25)/t13-,16+/m1/s1. The molecule has 10 heteroatoms. The molecule has 2 atom stereocenters. The summed E-state index contributed by atoms with van der Waals surface area (Å²) in [7, 11) is -0.220. The molecule has 1 aromatic carbocycles. The monoisotopic (exact) mass is 426 g/mol. The molecule has 1 heterocycles. The van der Waals surface area contributed by atoms with Crippen LogP contribution in [0.4, 0.5) is 10.5 Å². The maximum Gasteiger partial charge on any atom is 0.319 e. The summed E-state index contributed by atoms with van der Waals surface area (Å²) in [6.45, 7) is 6.10. The van der Waals surface area contributed by atoms with Crippen molar-refractivity contribution < 1.29 is 22.7 Å². The van der Waals surface area contributed by atoms with E-state index < -0.39 is 22.2 Å². The average molecular weight is 427 g/mol. The number of urea groups is 1. The molecule has 0 spiro atoms. The number of sulfonamides is 1. The first-order chi connectivity index (χ1) is 13.4. The van der Waals surface area contributed by atoms with E-state index in [1.54, 1.807) is 30.1 Å². The molecule has 2 N–H and O–H groups in total. The number of hydrogen-bond acceptors (Lipinski definition) is 5. The molecule has 0 aliphatic carbocycles. The lowest BCUT2D eigenvalue weighted by Crippen LogP contribution is -2.46. The zero-order valence-corrected chi connectivity index (χ0v) is 18.5. The minimum Gasteiger partial charge on any atom is -0.486 e. The highest BCUT2D eigenvalue weighted by Gasteiger charge is 2.32. The van der Waals surface area contributed by atoms with E-state index in [9.17, 15) is 18.0 Å². The van der Waals surface area contributed by atoms with Gasteiger partial charge in [-0.2, -0.15) is 0 Å². The van der Waals surface area contributed by atoms with Crippen molar-refractivity contribution in [3.63, 3.8) is 0 Å². The van der Waals surface area contributed by atoms with Crippen molar-refractivity contribution in [2.45, 2.75) is 32.9 Å². The molecule has 3 amide bonds. The number of hydrogen-bond donors (Lipinski definition) is 2. The number of anilines is 1. The second kappa shape index (κ2) is 9.00. The molecule has 1 aliphatic rings. The number of nitrogens with one attached hydrogen (secondary N) is 2. The Balaban J connectivity index is 2.44. The lowest BCUT2D eigenvalue weighted by Gasteiger charge is -2.35. The van der Waals surface area contributed by atoms with Gasteiger partial charge < -0.3 is 20.3 Å². The molecule has 29 heavy (non-hydrogen) atoms. The molecule has 162 valence electrons.